The molecule has 0 unspecified atom stereocenters. The van der Waals surface area contributed by atoms with Crippen LogP contribution < -0.4 is 5.32 Å². The van der Waals surface area contributed by atoms with E-state index in [1.54, 1.807) is 13.3 Å². The average molecular weight is 314 g/mol. The second-order valence-electron chi connectivity index (χ2n) is 4.94. The van der Waals surface area contributed by atoms with Crippen LogP contribution in [0.4, 0.5) is 5.82 Å². The van der Waals surface area contributed by atoms with Gasteiger partial charge in [0.2, 0.25) is 0 Å². The molecule has 0 spiro atoms. The van der Waals surface area contributed by atoms with Crippen molar-refractivity contribution in [2.24, 2.45) is 0 Å². The van der Waals surface area contributed by atoms with E-state index < -0.39 is 0 Å². The number of nitrogens with zero attached hydrogens (tertiary/aromatic N) is 5. The normalized spacial score (nSPS) is 10.9. The van der Waals surface area contributed by atoms with E-state index in [9.17, 15) is 0 Å². The third-order valence-electron chi connectivity index (χ3n) is 3.24. The van der Waals surface area contributed by atoms with Crippen LogP contribution in [0.1, 0.15) is 18.3 Å². The van der Waals surface area contributed by atoms with Gasteiger partial charge in [-0.05, 0) is 19.1 Å². The summed E-state index contributed by atoms with van der Waals surface area (Å²) in [6, 6.07) is 3.76. The van der Waals surface area contributed by atoms with Crippen LogP contribution in [-0.4, -0.2) is 32.0 Å². The Morgan fingerprint density at radius 1 is 1.30 bits per heavy atom. The van der Waals surface area contributed by atoms with Crippen LogP contribution in [0, 0.1) is 0 Å². The van der Waals surface area contributed by atoms with Crippen LogP contribution >= 0.6 is 0 Å². The predicted molar refractivity (Wildman–Crippen MR) is 83.5 cm³/mol. The summed E-state index contributed by atoms with van der Waals surface area (Å²) in [4.78, 5) is 8.59. The Morgan fingerprint density at radius 2 is 2.22 bits per heavy atom. The molecule has 3 aromatic heterocycles. The number of pyridine rings is 1. The Kier molecular flexibility index (Phi) is 4.62. The van der Waals surface area contributed by atoms with Crippen LogP contribution in [0.2, 0.25) is 0 Å². The number of methoxy groups -OCH3 is 1. The minimum atomic E-state index is 0.321. The number of aromatic nitrogens is 5. The molecular formula is C15H18N6O2. The highest BCUT2D eigenvalue weighted by Crippen LogP contribution is 2.18. The molecule has 0 saturated heterocycles. The number of anilines is 1. The summed E-state index contributed by atoms with van der Waals surface area (Å²) in [7, 11) is 1.59. The van der Waals surface area contributed by atoms with E-state index in [0.29, 0.717) is 24.9 Å². The molecule has 0 aromatic carbocycles. The number of rotatable bonds is 7. The van der Waals surface area contributed by atoms with Gasteiger partial charge in [-0.2, -0.15) is 10.1 Å². The lowest BCUT2D eigenvalue weighted by atomic mass is 10.3. The fourth-order valence-corrected chi connectivity index (χ4v) is 2.05. The summed E-state index contributed by atoms with van der Waals surface area (Å²) in [5, 5.41) is 11.3. The van der Waals surface area contributed by atoms with Gasteiger partial charge in [-0.3, -0.25) is 4.68 Å². The lowest BCUT2D eigenvalue weighted by Gasteiger charge is -2.03. The van der Waals surface area contributed by atoms with E-state index in [1.807, 2.05) is 29.2 Å². The lowest BCUT2D eigenvalue weighted by molar-refractivity contribution is 0.174. The van der Waals surface area contributed by atoms with E-state index in [2.05, 4.69) is 32.5 Å². The Bertz CT molecular complexity index is 749. The molecule has 0 bridgehead atoms. The van der Waals surface area contributed by atoms with Crippen molar-refractivity contribution in [3.63, 3.8) is 0 Å². The highest BCUT2D eigenvalue weighted by Gasteiger charge is 2.09. The summed E-state index contributed by atoms with van der Waals surface area (Å²) < 4.78 is 12.0. The molecule has 120 valence electrons. The number of aryl methyl sites for hydroxylation is 1. The number of nitrogens with one attached hydrogen (secondary N) is 1. The first kappa shape index (κ1) is 15.2. The van der Waals surface area contributed by atoms with Gasteiger partial charge in [0.15, 0.2) is 5.82 Å². The zero-order chi connectivity index (χ0) is 16.1. The molecule has 3 aromatic rings. The van der Waals surface area contributed by atoms with Crippen molar-refractivity contribution in [1.82, 2.24) is 24.9 Å². The van der Waals surface area contributed by atoms with Gasteiger partial charge in [0.05, 0.1) is 11.8 Å². The van der Waals surface area contributed by atoms with E-state index in [0.717, 1.165) is 23.5 Å². The monoisotopic (exact) mass is 314 g/mol. The maximum absolute atomic E-state index is 5.17. The van der Waals surface area contributed by atoms with E-state index in [4.69, 9.17) is 9.26 Å². The first-order chi connectivity index (χ1) is 11.3. The van der Waals surface area contributed by atoms with Crippen LogP contribution in [-0.2, 0) is 24.4 Å². The Labute approximate surface area is 133 Å². The standard InChI is InChI=1S/C15H18N6O2/c1-3-21-9-11(7-18-21)6-16-13-5-4-12(8-17-13)15-19-14(10-22-2)20-23-15/h4-5,7-9H,3,6,10H2,1-2H3,(H,16,17). The second kappa shape index (κ2) is 7.01. The van der Waals surface area contributed by atoms with Crippen molar-refractivity contribution in [3.05, 3.63) is 42.1 Å². The molecule has 8 heteroatoms. The van der Waals surface area contributed by atoms with Gasteiger partial charge in [0.1, 0.15) is 12.4 Å². The highest BCUT2D eigenvalue weighted by molar-refractivity contribution is 5.54. The lowest BCUT2D eigenvalue weighted by Crippen LogP contribution is -2.00. The Morgan fingerprint density at radius 3 is 2.91 bits per heavy atom. The summed E-state index contributed by atoms with van der Waals surface area (Å²) in [6.07, 6.45) is 5.56. The fourth-order valence-electron chi connectivity index (χ4n) is 2.05. The van der Waals surface area contributed by atoms with Crippen LogP contribution in [0.5, 0.6) is 0 Å². The molecule has 0 aliphatic carbocycles. The van der Waals surface area contributed by atoms with Gasteiger partial charge in [-0.15, -0.1) is 0 Å². The molecule has 0 fully saturated rings. The van der Waals surface area contributed by atoms with E-state index >= 15 is 0 Å². The Balaban J connectivity index is 1.62. The van der Waals surface area contributed by atoms with Crippen molar-refractivity contribution in [2.45, 2.75) is 26.6 Å². The summed E-state index contributed by atoms with van der Waals surface area (Å²) in [5.41, 5.74) is 1.88. The third kappa shape index (κ3) is 3.72. The molecule has 8 nitrogen and oxygen atoms in total. The number of hydrogen-bond acceptors (Lipinski definition) is 7. The van der Waals surface area contributed by atoms with Gasteiger partial charge in [-0.25, -0.2) is 4.98 Å². The smallest absolute Gasteiger partial charge is 0.259 e. The highest BCUT2D eigenvalue weighted by atomic mass is 16.5. The van der Waals surface area contributed by atoms with Gasteiger partial charge >= 0.3 is 0 Å². The van der Waals surface area contributed by atoms with Crippen molar-refractivity contribution >= 4 is 5.82 Å². The third-order valence-corrected chi connectivity index (χ3v) is 3.24. The summed E-state index contributed by atoms with van der Waals surface area (Å²) in [6.45, 7) is 3.91. The predicted octanol–water partition coefficient (Wildman–Crippen LogP) is 2.11. The molecule has 0 radical (unpaired) electrons. The van der Waals surface area contributed by atoms with Crippen molar-refractivity contribution < 1.29 is 9.26 Å². The summed E-state index contributed by atoms with van der Waals surface area (Å²) in [5.74, 6) is 1.72. The van der Waals surface area contributed by atoms with Crippen molar-refractivity contribution in [1.29, 1.82) is 0 Å². The zero-order valence-corrected chi connectivity index (χ0v) is 13.1. The average Bonchev–Trinajstić information content (AvgIpc) is 3.23. The number of ether oxygens (including phenoxy) is 1. The molecule has 0 aliphatic rings. The van der Waals surface area contributed by atoms with Gasteiger partial charge in [0, 0.05) is 38.2 Å². The molecule has 3 heterocycles. The molecule has 1 N–H and O–H groups in total. The van der Waals surface area contributed by atoms with Crippen molar-refractivity contribution in [3.8, 4) is 11.5 Å². The SMILES string of the molecule is CCn1cc(CNc2ccc(-c3nc(COC)no3)cn2)cn1. The van der Waals surface area contributed by atoms with Crippen LogP contribution in [0.3, 0.4) is 0 Å². The van der Waals surface area contributed by atoms with Gasteiger partial charge in [0.25, 0.3) is 5.89 Å². The quantitative estimate of drug-likeness (QED) is 0.714. The Hall–Kier alpha value is -2.74. The maximum atomic E-state index is 5.17. The minimum absolute atomic E-state index is 0.321. The molecule has 0 aliphatic heterocycles. The van der Waals surface area contributed by atoms with E-state index in [1.165, 1.54) is 0 Å². The minimum Gasteiger partial charge on any atom is -0.377 e. The zero-order valence-electron chi connectivity index (χ0n) is 13.1. The molecule has 23 heavy (non-hydrogen) atoms. The maximum Gasteiger partial charge on any atom is 0.259 e. The van der Waals surface area contributed by atoms with Crippen molar-refractivity contribution in [2.75, 3.05) is 12.4 Å². The van der Waals surface area contributed by atoms with Crippen LogP contribution in [0.25, 0.3) is 11.5 Å². The summed E-state index contributed by atoms with van der Waals surface area (Å²) >= 11 is 0. The van der Waals surface area contributed by atoms with Gasteiger partial charge in [-0.1, -0.05) is 5.16 Å². The van der Waals surface area contributed by atoms with E-state index in [-0.39, 0.29) is 0 Å². The van der Waals surface area contributed by atoms with Crippen LogP contribution in [0.15, 0.2) is 35.2 Å². The molecule has 0 amide bonds. The molecular weight excluding hydrogens is 296 g/mol. The number of hydrogen-bond donors (Lipinski definition) is 1. The fraction of sp³-hybridized carbons (Fsp3) is 0.333. The van der Waals surface area contributed by atoms with Gasteiger partial charge < -0.3 is 14.6 Å². The first-order valence-electron chi connectivity index (χ1n) is 7.31. The molecule has 0 atom stereocenters. The second-order valence-corrected chi connectivity index (χ2v) is 4.94. The largest absolute Gasteiger partial charge is 0.377 e. The topological polar surface area (TPSA) is 90.9 Å². The molecule has 0 saturated carbocycles. The first-order valence-corrected chi connectivity index (χ1v) is 7.31. The molecule has 3 rings (SSSR count).